The molecule has 0 saturated carbocycles. The van der Waals surface area contributed by atoms with Gasteiger partial charge >= 0.3 is 6.18 Å². The summed E-state index contributed by atoms with van der Waals surface area (Å²) in [5.41, 5.74) is 0.115. The Morgan fingerprint density at radius 3 is 2.76 bits per heavy atom. The van der Waals surface area contributed by atoms with Gasteiger partial charge in [0, 0.05) is 23.7 Å². The largest absolute Gasteiger partial charge is 0.416 e. The second-order valence-electron chi connectivity index (χ2n) is 7.11. The van der Waals surface area contributed by atoms with Crippen LogP contribution >= 0.6 is 35.1 Å². The molecular weight excluding hydrogens is 495 g/mol. The molecule has 0 radical (unpaired) electrons. The van der Waals surface area contributed by atoms with E-state index in [2.05, 4.69) is 10.3 Å². The van der Waals surface area contributed by atoms with Crippen LogP contribution in [0.25, 0.3) is 5.69 Å². The van der Waals surface area contributed by atoms with Crippen molar-refractivity contribution < 1.29 is 18.0 Å². The third-order valence-corrected chi connectivity index (χ3v) is 7.28. The highest BCUT2D eigenvalue weighted by atomic mass is 35.5. The van der Waals surface area contributed by atoms with Gasteiger partial charge in [-0.15, -0.1) is 11.8 Å². The molecule has 2 aromatic carbocycles. The Kier molecular flexibility index (Phi) is 7.06. The number of aryl methyl sites for hydroxylation is 1. The average Bonchev–Trinajstić information content (AvgIpc) is 3.26. The molecule has 1 N–H and O–H groups in total. The molecule has 0 saturated heterocycles. The molecule has 0 atom stereocenters. The van der Waals surface area contributed by atoms with E-state index in [0.29, 0.717) is 27.8 Å². The van der Waals surface area contributed by atoms with Crippen LogP contribution in [-0.4, -0.2) is 27.0 Å². The molecule has 33 heavy (non-hydrogen) atoms. The molecule has 0 bridgehead atoms. The molecule has 0 aliphatic carbocycles. The van der Waals surface area contributed by atoms with Gasteiger partial charge in [0.15, 0.2) is 5.16 Å². The Bertz CT molecular complexity index is 1260. The fourth-order valence-corrected chi connectivity index (χ4v) is 5.34. The number of rotatable bonds is 6. The topological polar surface area (TPSA) is 64.0 Å². The maximum absolute atomic E-state index is 13.2. The van der Waals surface area contributed by atoms with Gasteiger partial charge in [-0.25, -0.2) is 4.98 Å². The first-order chi connectivity index (χ1) is 15.7. The predicted molar refractivity (Wildman–Crippen MR) is 123 cm³/mol. The summed E-state index contributed by atoms with van der Waals surface area (Å²) in [5, 5.41) is 3.46. The van der Waals surface area contributed by atoms with E-state index < -0.39 is 17.3 Å². The second kappa shape index (κ2) is 9.82. The summed E-state index contributed by atoms with van der Waals surface area (Å²) < 4.78 is 40.9. The number of benzene rings is 2. The van der Waals surface area contributed by atoms with Crippen molar-refractivity contribution in [3.63, 3.8) is 0 Å². The van der Waals surface area contributed by atoms with Gasteiger partial charge in [-0.05, 0) is 29.8 Å². The van der Waals surface area contributed by atoms with E-state index in [4.69, 9.17) is 11.6 Å². The van der Waals surface area contributed by atoms with Crippen LogP contribution in [0.5, 0.6) is 0 Å². The lowest BCUT2D eigenvalue weighted by atomic mass is 10.2. The molecule has 0 unspecified atom stereocenters. The molecule has 5 nitrogen and oxygen atoms in total. The highest BCUT2D eigenvalue weighted by molar-refractivity contribution is 8.00. The standard InChI is InChI=1S/C22H17ClF3N3O2S2/c23-16-7-2-1-4-13(16)11-27-18(30)12-33-21-28-17-8-9-32-19(17)20(31)29(21)15-6-3-5-14(10-15)22(24,25)26/h1-7,10H,8-9,11-12H2,(H,27,30). The van der Waals surface area contributed by atoms with Crippen molar-refractivity contribution in [1.29, 1.82) is 0 Å². The lowest BCUT2D eigenvalue weighted by Crippen LogP contribution is -2.27. The highest BCUT2D eigenvalue weighted by Gasteiger charge is 2.31. The molecule has 11 heteroatoms. The quantitative estimate of drug-likeness (QED) is 0.374. The second-order valence-corrected chi connectivity index (χ2v) is 9.57. The van der Waals surface area contributed by atoms with Crippen LogP contribution in [0.15, 0.2) is 63.4 Å². The van der Waals surface area contributed by atoms with E-state index in [1.807, 2.05) is 6.07 Å². The van der Waals surface area contributed by atoms with Gasteiger partial charge in [0.25, 0.3) is 5.56 Å². The summed E-state index contributed by atoms with van der Waals surface area (Å²) in [6, 6.07) is 11.6. The van der Waals surface area contributed by atoms with Crippen molar-refractivity contribution >= 4 is 41.0 Å². The summed E-state index contributed by atoms with van der Waals surface area (Å²) in [7, 11) is 0. The number of nitrogens with zero attached hydrogens (tertiary/aromatic N) is 2. The zero-order chi connectivity index (χ0) is 23.6. The lowest BCUT2D eigenvalue weighted by Gasteiger charge is -2.15. The maximum Gasteiger partial charge on any atom is 0.416 e. The van der Waals surface area contributed by atoms with Crippen molar-refractivity contribution in [2.24, 2.45) is 0 Å². The molecule has 4 rings (SSSR count). The number of nitrogens with one attached hydrogen (secondary N) is 1. The van der Waals surface area contributed by atoms with E-state index in [0.717, 1.165) is 34.0 Å². The zero-order valence-electron chi connectivity index (χ0n) is 17.0. The summed E-state index contributed by atoms with van der Waals surface area (Å²) in [6.45, 7) is 0.230. The fourth-order valence-electron chi connectivity index (χ4n) is 3.25. The SMILES string of the molecule is O=C(CSc1nc2c(c(=O)n1-c1cccc(C(F)(F)F)c1)SCC2)NCc1ccccc1Cl. The number of carbonyl (C=O) groups excluding carboxylic acids is 1. The van der Waals surface area contributed by atoms with Crippen LogP contribution in [0.3, 0.4) is 0 Å². The van der Waals surface area contributed by atoms with Gasteiger partial charge in [0.2, 0.25) is 5.91 Å². The lowest BCUT2D eigenvalue weighted by molar-refractivity contribution is -0.137. The molecule has 1 aliphatic rings. The van der Waals surface area contributed by atoms with Crippen molar-refractivity contribution in [2.75, 3.05) is 11.5 Å². The number of aromatic nitrogens is 2. The van der Waals surface area contributed by atoms with Crippen LogP contribution in [0.2, 0.25) is 5.02 Å². The van der Waals surface area contributed by atoms with E-state index in [9.17, 15) is 22.8 Å². The smallest absolute Gasteiger partial charge is 0.351 e. The van der Waals surface area contributed by atoms with Crippen molar-refractivity contribution in [3.05, 3.63) is 80.7 Å². The zero-order valence-corrected chi connectivity index (χ0v) is 19.4. The van der Waals surface area contributed by atoms with E-state index >= 15 is 0 Å². The van der Waals surface area contributed by atoms with Crippen LogP contribution in [0, 0.1) is 0 Å². The van der Waals surface area contributed by atoms with Crippen molar-refractivity contribution in [3.8, 4) is 5.69 Å². The van der Waals surface area contributed by atoms with Gasteiger partial charge in [-0.1, -0.05) is 47.6 Å². The van der Waals surface area contributed by atoms with Crippen LogP contribution in [0.1, 0.15) is 16.8 Å². The first-order valence-electron chi connectivity index (χ1n) is 9.83. The average molecular weight is 512 g/mol. The molecule has 1 aliphatic heterocycles. The van der Waals surface area contributed by atoms with Crippen LogP contribution < -0.4 is 10.9 Å². The van der Waals surface area contributed by atoms with Gasteiger partial charge in [-0.2, -0.15) is 13.2 Å². The minimum Gasteiger partial charge on any atom is -0.351 e. The minimum absolute atomic E-state index is 0.0524. The number of hydrogen-bond acceptors (Lipinski definition) is 5. The van der Waals surface area contributed by atoms with Gasteiger partial charge in [0.1, 0.15) is 0 Å². The Morgan fingerprint density at radius 2 is 2.00 bits per heavy atom. The number of halogens is 4. The van der Waals surface area contributed by atoms with Gasteiger partial charge in [-0.3, -0.25) is 14.2 Å². The molecule has 0 fully saturated rings. The number of hydrogen-bond donors (Lipinski definition) is 1. The third-order valence-electron chi connectivity index (χ3n) is 4.86. The Balaban J connectivity index is 1.59. The highest BCUT2D eigenvalue weighted by Crippen LogP contribution is 2.33. The van der Waals surface area contributed by atoms with Gasteiger partial charge in [0.05, 0.1) is 27.6 Å². The number of fused-ring (bicyclic) bond motifs is 1. The minimum atomic E-state index is -4.55. The number of amides is 1. The molecule has 1 amide bonds. The molecule has 172 valence electrons. The van der Waals surface area contributed by atoms with Gasteiger partial charge < -0.3 is 5.32 Å². The van der Waals surface area contributed by atoms with Crippen molar-refractivity contribution in [1.82, 2.24) is 14.9 Å². The first-order valence-corrected chi connectivity index (χ1v) is 12.2. The Morgan fingerprint density at radius 1 is 1.21 bits per heavy atom. The first kappa shape index (κ1) is 23.7. The molecule has 2 heterocycles. The maximum atomic E-state index is 13.2. The van der Waals surface area contributed by atoms with Crippen LogP contribution in [-0.2, 0) is 23.9 Å². The molecule has 1 aromatic heterocycles. The number of carbonyl (C=O) groups is 1. The normalized spacial score (nSPS) is 13.1. The summed E-state index contributed by atoms with van der Waals surface area (Å²) in [4.78, 5) is 30.5. The summed E-state index contributed by atoms with van der Waals surface area (Å²) in [6.07, 6.45) is -3.96. The molecular formula is C22H17ClF3N3O2S2. The van der Waals surface area contributed by atoms with Crippen molar-refractivity contribution in [2.45, 2.75) is 29.2 Å². The fraction of sp³-hybridized carbons (Fsp3) is 0.227. The summed E-state index contributed by atoms with van der Waals surface area (Å²) in [5.74, 6) is 0.286. The van der Waals surface area contributed by atoms with E-state index in [1.165, 1.54) is 23.9 Å². The van der Waals surface area contributed by atoms with Crippen LogP contribution in [0.4, 0.5) is 13.2 Å². The monoisotopic (exact) mass is 511 g/mol. The number of thioether (sulfide) groups is 2. The predicted octanol–water partition coefficient (Wildman–Crippen LogP) is 4.96. The Labute approximate surface area is 200 Å². The Hall–Kier alpha value is -2.43. The van der Waals surface area contributed by atoms with E-state index in [-0.39, 0.29) is 29.0 Å². The van der Waals surface area contributed by atoms with E-state index in [1.54, 1.807) is 18.2 Å². The molecule has 3 aromatic rings. The number of alkyl halides is 3. The summed E-state index contributed by atoms with van der Waals surface area (Å²) >= 11 is 8.43. The third kappa shape index (κ3) is 5.39. The molecule has 0 spiro atoms.